The maximum Gasteiger partial charge on any atom is 0.258 e. The standard InChI is InChI=1S/C19H25N5O/c1-14-11-16(3)23(21-14)10-6-9-22(4)13-17-12-19(25)24-15(2)7-5-8-18(24)20-17/h5,7-8,11-12H,6,9-10,13H2,1-4H3. The Labute approximate surface area is 147 Å². The zero-order valence-corrected chi connectivity index (χ0v) is 15.4. The van der Waals surface area contributed by atoms with Crippen LogP contribution in [0.4, 0.5) is 0 Å². The Morgan fingerprint density at radius 2 is 1.92 bits per heavy atom. The molecule has 3 rings (SSSR count). The molecule has 0 bridgehead atoms. The predicted octanol–water partition coefficient (Wildman–Crippen LogP) is 2.34. The molecular formula is C19H25N5O. The molecule has 0 aliphatic carbocycles. The van der Waals surface area contributed by atoms with Crippen molar-refractivity contribution in [2.75, 3.05) is 13.6 Å². The SMILES string of the molecule is Cc1cc(C)n(CCCN(C)Cc2cc(=O)n3c(C)cccc3n2)n1. The maximum atomic E-state index is 12.3. The minimum Gasteiger partial charge on any atom is -0.300 e. The second-order valence-corrected chi connectivity index (χ2v) is 6.69. The van der Waals surface area contributed by atoms with Crippen LogP contribution in [-0.4, -0.2) is 37.7 Å². The number of rotatable bonds is 6. The number of aromatic nitrogens is 4. The van der Waals surface area contributed by atoms with Crippen molar-refractivity contribution in [3.05, 3.63) is 63.5 Å². The van der Waals surface area contributed by atoms with E-state index in [1.165, 1.54) is 5.69 Å². The first-order valence-corrected chi connectivity index (χ1v) is 8.62. The predicted molar refractivity (Wildman–Crippen MR) is 98.9 cm³/mol. The molecule has 0 N–H and O–H groups in total. The molecule has 6 nitrogen and oxygen atoms in total. The minimum atomic E-state index is -0.0193. The summed E-state index contributed by atoms with van der Waals surface area (Å²) in [7, 11) is 2.06. The number of fused-ring (bicyclic) bond motifs is 1. The highest BCUT2D eigenvalue weighted by Crippen LogP contribution is 2.06. The molecule has 0 atom stereocenters. The maximum absolute atomic E-state index is 12.3. The molecule has 132 valence electrons. The fourth-order valence-electron chi connectivity index (χ4n) is 3.19. The molecule has 3 heterocycles. The molecule has 0 spiro atoms. The summed E-state index contributed by atoms with van der Waals surface area (Å²) < 4.78 is 3.69. The largest absolute Gasteiger partial charge is 0.300 e. The van der Waals surface area contributed by atoms with Gasteiger partial charge in [-0.1, -0.05) is 6.07 Å². The fraction of sp³-hybridized carbons (Fsp3) is 0.421. The van der Waals surface area contributed by atoms with E-state index >= 15 is 0 Å². The van der Waals surface area contributed by atoms with Gasteiger partial charge in [0.2, 0.25) is 0 Å². The lowest BCUT2D eigenvalue weighted by Gasteiger charge is -2.16. The molecule has 0 aromatic carbocycles. The Morgan fingerprint density at radius 3 is 2.64 bits per heavy atom. The van der Waals surface area contributed by atoms with Crippen LogP contribution in [0.3, 0.4) is 0 Å². The number of aryl methyl sites for hydroxylation is 4. The van der Waals surface area contributed by atoms with E-state index in [-0.39, 0.29) is 5.56 Å². The van der Waals surface area contributed by atoms with Gasteiger partial charge in [0, 0.05) is 37.1 Å². The topological polar surface area (TPSA) is 55.4 Å². The molecule has 3 aromatic rings. The van der Waals surface area contributed by atoms with Gasteiger partial charge in [0.15, 0.2) is 0 Å². The van der Waals surface area contributed by atoms with E-state index < -0.39 is 0 Å². The van der Waals surface area contributed by atoms with E-state index in [2.05, 4.69) is 35.0 Å². The average molecular weight is 339 g/mol. The summed E-state index contributed by atoms with van der Waals surface area (Å²) >= 11 is 0. The first-order chi connectivity index (χ1) is 11.9. The quantitative estimate of drug-likeness (QED) is 0.692. The molecule has 3 aromatic heterocycles. The van der Waals surface area contributed by atoms with Crippen LogP contribution in [-0.2, 0) is 13.1 Å². The van der Waals surface area contributed by atoms with E-state index in [1.54, 1.807) is 10.5 Å². The molecular weight excluding hydrogens is 314 g/mol. The van der Waals surface area contributed by atoms with Crippen LogP contribution in [0.2, 0.25) is 0 Å². The molecule has 0 amide bonds. The number of nitrogens with zero attached hydrogens (tertiary/aromatic N) is 5. The Kier molecular flexibility index (Phi) is 4.99. The zero-order valence-electron chi connectivity index (χ0n) is 15.4. The summed E-state index contributed by atoms with van der Waals surface area (Å²) in [6, 6.07) is 9.45. The Balaban J connectivity index is 1.63. The van der Waals surface area contributed by atoms with Crippen LogP contribution in [0.25, 0.3) is 5.65 Å². The van der Waals surface area contributed by atoms with Gasteiger partial charge in [-0.05, 0) is 52.4 Å². The Hall–Kier alpha value is -2.47. The smallest absolute Gasteiger partial charge is 0.258 e. The lowest BCUT2D eigenvalue weighted by atomic mass is 10.3. The van der Waals surface area contributed by atoms with E-state index in [0.717, 1.165) is 36.6 Å². The number of hydrogen-bond acceptors (Lipinski definition) is 4. The van der Waals surface area contributed by atoms with E-state index in [0.29, 0.717) is 12.2 Å². The molecule has 6 heteroatoms. The van der Waals surface area contributed by atoms with Crippen LogP contribution in [0, 0.1) is 20.8 Å². The van der Waals surface area contributed by atoms with Crippen molar-refractivity contribution >= 4 is 5.65 Å². The van der Waals surface area contributed by atoms with Crippen molar-refractivity contribution in [1.29, 1.82) is 0 Å². The van der Waals surface area contributed by atoms with Crippen molar-refractivity contribution in [3.8, 4) is 0 Å². The Morgan fingerprint density at radius 1 is 1.12 bits per heavy atom. The van der Waals surface area contributed by atoms with Gasteiger partial charge in [0.25, 0.3) is 5.56 Å². The highest BCUT2D eigenvalue weighted by molar-refractivity contribution is 5.40. The summed E-state index contributed by atoms with van der Waals surface area (Å²) in [6.07, 6.45) is 1.00. The Bertz CT molecular complexity index is 941. The second kappa shape index (κ2) is 7.19. The molecule has 0 aliphatic rings. The zero-order chi connectivity index (χ0) is 18.0. The summed E-state index contributed by atoms with van der Waals surface area (Å²) in [4.78, 5) is 19.2. The molecule has 0 aliphatic heterocycles. The van der Waals surface area contributed by atoms with E-state index in [9.17, 15) is 4.79 Å². The highest BCUT2D eigenvalue weighted by atomic mass is 16.1. The number of hydrogen-bond donors (Lipinski definition) is 0. The molecule has 0 saturated carbocycles. The molecule has 0 saturated heterocycles. The lowest BCUT2D eigenvalue weighted by Crippen LogP contribution is -2.24. The van der Waals surface area contributed by atoms with Crippen molar-refractivity contribution in [1.82, 2.24) is 24.1 Å². The molecule has 25 heavy (non-hydrogen) atoms. The third kappa shape index (κ3) is 3.96. The first-order valence-electron chi connectivity index (χ1n) is 8.62. The van der Waals surface area contributed by atoms with Gasteiger partial charge in [-0.25, -0.2) is 4.98 Å². The third-order valence-electron chi connectivity index (χ3n) is 4.38. The van der Waals surface area contributed by atoms with E-state index in [1.807, 2.05) is 36.7 Å². The van der Waals surface area contributed by atoms with Gasteiger partial charge in [-0.2, -0.15) is 5.10 Å². The third-order valence-corrected chi connectivity index (χ3v) is 4.38. The molecule has 0 radical (unpaired) electrons. The minimum absolute atomic E-state index is 0.0193. The second-order valence-electron chi connectivity index (χ2n) is 6.69. The molecule has 0 fully saturated rings. The first kappa shape index (κ1) is 17.4. The van der Waals surface area contributed by atoms with Gasteiger partial charge >= 0.3 is 0 Å². The van der Waals surface area contributed by atoms with Crippen molar-refractivity contribution < 1.29 is 0 Å². The van der Waals surface area contributed by atoms with Crippen LogP contribution >= 0.6 is 0 Å². The van der Waals surface area contributed by atoms with Crippen LogP contribution in [0.5, 0.6) is 0 Å². The van der Waals surface area contributed by atoms with Gasteiger partial charge in [0.1, 0.15) is 5.65 Å². The van der Waals surface area contributed by atoms with Gasteiger partial charge in [-0.3, -0.25) is 13.9 Å². The average Bonchev–Trinajstić information content (AvgIpc) is 2.84. The normalized spacial score (nSPS) is 11.6. The van der Waals surface area contributed by atoms with Gasteiger partial charge in [-0.15, -0.1) is 0 Å². The van der Waals surface area contributed by atoms with Crippen LogP contribution < -0.4 is 5.56 Å². The van der Waals surface area contributed by atoms with Gasteiger partial charge in [0.05, 0.1) is 11.4 Å². The van der Waals surface area contributed by atoms with Crippen LogP contribution in [0.1, 0.15) is 29.2 Å². The summed E-state index contributed by atoms with van der Waals surface area (Å²) in [5.41, 5.74) is 4.65. The van der Waals surface area contributed by atoms with Crippen molar-refractivity contribution in [2.45, 2.75) is 40.3 Å². The fourth-order valence-corrected chi connectivity index (χ4v) is 3.19. The van der Waals surface area contributed by atoms with Crippen LogP contribution in [0.15, 0.2) is 35.1 Å². The highest BCUT2D eigenvalue weighted by Gasteiger charge is 2.07. The lowest BCUT2D eigenvalue weighted by molar-refractivity contribution is 0.307. The van der Waals surface area contributed by atoms with Crippen molar-refractivity contribution in [3.63, 3.8) is 0 Å². The monoisotopic (exact) mass is 339 g/mol. The molecule has 0 unspecified atom stereocenters. The van der Waals surface area contributed by atoms with Crippen molar-refractivity contribution in [2.24, 2.45) is 0 Å². The summed E-state index contributed by atoms with van der Waals surface area (Å²) in [6.45, 7) is 8.50. The summed E-state index contributed by atoms with van der Waals surface area (Å²) in [5, 5.41) is 4.49. The summed E-state index contributed by atoms with van der Waals surface area (Å²) in [5.74, 6) is 0. The van der Waals surface area contributed by atoms with E-state index in [4.69, 9.17) is 0 Å². The number of pyridine rings is 1. The van der Waals surface area contributed by atoms with Gasteiger partial charge < -0.3 is 4.90 Å².